The number of carboxylic acid groups (broad SMARTS) is 1. The summed E-state index contributed by atoms with van der Waals surface area (Å²) in [6.45, 7) is 5.24. The molecule has 2 fully saturated rings. The summed E-state index contributed by atoms with van der Waals surface area (Å²) in [4.78, 5) is 23.5. The van der Waals surface area contributed by atoms with Gasteiger partial charge in [0.25, 0.3) is 0 Å². The highest BCUT2D eigenvalue weighted by molar-refractivity contribution is 5.76. The number of carbonyl (C=O) groups is 2. The third kappa shape index (κ3) is 8.76. The number of rotatable bonds is 8. The molecule has 2 aliphatic rings. The Bertz CT molecular complexity index is 717. The largest absolute Gasteiger partial charge is 0.490 e. The lowest BCUT2D eigenvalue weighted by molar-refractivity contribution is -0.192. The van der Waals surface area contributed by atoms with Crippen LogP contribution in [0.3, 0.4) is 0 Å². The number of amides is 1. The first-order chi connectivity index (χ1) is 15.2. The Balaban J connectivity index is 0.000000451. The number of aliphatic carboxylic acids is 1. The smallest absolute Gasteiger partial charge is 0.475 e. The predicted molar refractivity (Wildman–Crippen MR) is 111 cm³/mol. The van der Waals surface area contributed by atoms with Gasteiger partial charge in [0.05, 0.1) is 25.7 Å². The zero-order valence-corrected chi connectivity index (χ0v) is 18.1. The molecule has 2 saturated heterocycles. The highest BCUT2D eigenvalue weighted by atomic mass is 19.4. The number of halogens is 3. The molecule has 1 amide bonds. The van der Waals surface area contributed by atoms with Gasteiger partial charge in [-0.2, -0.15) is 13.2 Å². The maximum absolute atomic E-state index is 12.0. The van der Waals surface area contributed by atoms with Crippen molar-refractivity contribution in [3.63, 3.8) is 0 Å². The molecule has 0 unspecified atom stereocenters. The minimum atomic E-state index is -5.08. The number of nitrogens with one attached hydrogen (secondary N) is 1. The van der Waals surface area contributed by atoms with Crippen molar-refractivity contribution in [1.82, 2.24) is 10.2 Å². The third-order valence-corrected chi connectivity index (χ3v) is 5.70. The fourth-order valence-electron chi connectivity index (χ4n) is 4.05. The zero-order valence-electron chi connectivity index (χ0n) is 18.1. The minimum absolute atomic E-state index is 0.0780. The second-order valence-electron chi connectivity index (χ2n) is 7.97. The molecule has 2 N–H and O–H groups in total. The molecule has 0 radical (unpaired) electrons. The zero-order chi connectivity index (χ0) is 23.6. The molecule has 0 aromatic heterocycles. The molecule has 1 aromatic carbocycles. The summed E-state index contributed by atoms with van der Waals surface area (Å²) in [5.41, 5.74) is 1.40. The first kappa shape index (κ1) is 26.1. The average Bonchev–Trinajstić information content (AvgIpc) is 3.15. The maximum atomic E-state index is 12.0. The van der Waals surface area contributed by atoms with E-state index in [1.165, 1.54) is 5.56 Å². The Labute approximate surface area is 185 Å². The number of methoxy groups -OCH3 is 1. The monoisotopic (exact) mass is 460 g/mol. The Kier molecular flexibility index (Phi) is 10.4. The molecule has 3 rings (SSSR count). The van der Waals surface area contributed by atoms with Crippen molar-refractivity contribution in [2.45, 2.75) is 31.5 Å². The van der Waals surface area contributed by atoms with E-state index >= 15 is 0 Å². The fraction of sp³-hybridized carbons (Fsp3) is 0.636. The molecule has 7 nitrogen and oxygen atoms in total. The number of nitrogens with zero attached hydrogens (tertiary/aromatic N) is 1. The molecule has 0 spiro atoms. The van der Waals surface area contributed by atoms with E-state index < -0.39 is 12.1 Å². The van der Waals surface area contributed by atoms with E-state index in [1.54, 1.807) is 7.11 Å². The summed E-state index contributed by atoms with van der Waals surface area (Å²) in [7, 11) is 1.64. The molecule has 3 atom stereocenters. The van der Waals surface area contributed by atoms with Gasteiger partial charge in [-0.1, -0.05) is 30.3 Å². The van der Waals surface area contributed by atoms with Crippen LogP contribution in [0, 0.1) is 11.8 Å². The molecule has 2 aliphatic heterocycles. The quantitative estimate of drug-likeness (QED) is 0.579. The van der Waals surface area contributed by atoms with Gasteiger partial charge in [0.2, 0.25) is 5.91 Å². The number of benzene rings is 1. The van der Waals surface area contributed by atoms with Crippen LogP contribution < -0.4 is 5.32 Å². The van der Waals surface area contributed by atoms with E-state index in [2.05, 4.69) is 40.5 Å². The van der Waals surface area contributed by atoms with Crippen LogP contribution in [-0.2, 0) is 25.5 Å². The number of ether oxygens (including phenoxy) is 2. The van der Waals surface area contributed by atoms with Crippen LogP contribution in [0.25, 0.3) is 0 Å². The van der Waals surface area contributed by atoms with E-state index in [-0.39, 0.29) is 12.0 Å². The molecule has 1 aromatic rings. The minimum Gasteiger partial charge on any atom is -0.475 e. The van der Waals surface area contributed by atoms with Crippen LogP contribution in [0.4, 0.5) is 13.2 Å². The number of piperidine rings is 1. The highest BCUT2D eigenvalue weighted by Gasteiger charge is 2.41. The van der Waals surface area contributed by atoms with Gasteiger partial charge in [-0.05, 0) is 30.9 Å². The first-order valence-electron chi connectivity index (χ1n) is 10.6. The van der Waals surface area contributed by atoms with Gasteiger partial charge >= 0.3 is 12.1 Å². The van der Waals surface area contributed by atoms with Gasteiger partial charge in [0.15, 0.2) is 0 Å². The van der Waals surface area contributed by atoms with Gasteiger partial charge < -0.3 is 24.8 Å². The maximum Gasteiger partial charge on any atom is 0.490 e. The molecular formula is C22H31F3N2O5. The molecule has 0 bridgehead atoms. The van der Waals surface area contributed by atoms with E-state index in [0.717, 1.165) is 39.1 Å². The number of carboxylic acids is 1. The number of carbonyl (C=O) groups excluding carboxylic acids is 1. The summed E-state index contributed by atoms with van der Waals surface area (Å²) in [6, 6.07) is 10.7. The van der Waals surface area contributed by atoms with E-state index in [9.17, 15) is 18.0 Å². The number of alkyl halides is 3. The molecule has 10 heteroatoms. The van der Waals surface area contributed by atoms with Crippen molar-refractivity contribution < 1.29 is 37.3 Å². The Hall–Kier alpha value is -2.17. The van der Waals surface area contributed by atoms with Gasteiger partial charge in [-0.25, -0.2) is 4.79 Å². The number of hydrogen-bond donors (Lipinski definition) is 2. The van der Waals surface area contributed by atoms with E-state index in [0.29, 0.717) is 31.4 Å². The van der Waals surface area contributed by atoms with Crippen LogP contribution in [0.5, 0.6) is 0 Å². The van der Waals surface area contributed by atoms with Crippen molar-refractivity contribution in [2.24, 2.45) is 11.8 Å². The summed E-state index contributed by atoms with van der Waals surface area (Å²) in [6.07, 6.45) is -2.28. The lowest BCUT2D eigenvalue weighted by atomic mass is 9.83. The van der Waals surface area contributed by atoms with Crippen molar-refractivity contribution in [3.05, 3.63) is 35.9 Å². The van der Waals surface area contributed by atoms with Gasteiger partial charge in [0, 0.05) is 32.7 Å². The summed E-state index contributed by atoms with van der Waals surface area (Å²) in [5, 5.41) is 10.0. The van der Waals surface area contributed by atoms with Crippen LogP contribution in [0.2, 0.25) is 0 Å². The fourth-order valence-corrected chi connectivity index (χ4v) is 4.05. The standard InChI is InChI=1S/C20H30N2O3.C2HF3O2/c1-24-12-9-21-20(23)13-19-18-8-11-22(14-17(18)15-25-19)10-7-16-5-3-2-4-6-16;3-2(4,5)1(6)7/h2-6,17-19H,7-15H2,1H3,(H,21,23);(H,6,7)/t17-,18-,19+;/m1./s1. The molecule has 0 saturated carbocycles. The lowest BCUT2D eigenvalue weighted by Gasteiger charge is -2.35. The molecule has 2 heterocycles. The van der Waals surface area contributed by atoms with E-state index in [4.69, 9.17) is 19.4 Å². The Morgan fingerprint density at radius 3 is 2.59 bits per heavy atom. The molecular weight excluding hydrogens is 429 g/mol. The van der Waals surface area contributed by atoms with Crippen molar-refractivity contribution in [2.75, 3.05) is 46.5 Å². The number of likely N-dealkylation sites (tertiary alicyclic amines) is 1. The highest BCUT2D eigenvalue weighted by Crippen LogP contribution is 2.35. The van der Waals surface area contributed by atoms with Crippen molar-refractivity contribution >= 4 is 11.9 Å². The van der Waals surface area contributed by atoms with Gasteiger partial charge in [0.1, 0.15) is 0 Å². The van der Waals surface area contributed by atoms with Crippen LogP contribution >= 0.6 is 0 Å². The predicted octanol–water partition coefficient (Wildman–Crippen LogP) is 2.35. The van der Waals surface area contributed by atoms with Crippen LogP contribution in [-0.4, -0.2) is 80.7 Å². The van der Waals surface area contributed by atoms with Crippen molar-refractivity contribution in [3.8, 4) is 0 Å². The third-order valence-electron chi connectivity index (χ3n) is 5.70. The first-order valence-corrected chi connectivity index (χ1v) is 10.6. The number of hydrogen-bond acceptors (Lipinski definition) is 5. The molecule has 0 aliphatic carbocycles. The second kappa shape index (κ2) is 12.8. The molecule has 180 valence electrons. The van der Waals surface area contributed by atoms with Gasteiger partial charge in [-0.15, -0.1) is 0 Å². The Morgan fingerprint density at radius 1 is 1.28 bits per heavy atom. The summed E-state index contributed by atoms with van der Waals surface area (Å²) in [5.74, 6) is -1.58. The van der Waals surface area contributed by atoms with Gasteiger partial charge in [-0.3, -0.25) is 4.79 Å². The van der Waals surface area contributed by atoms with Crippen LogP contribution in [0.1, 0.15) is 18.4 Å². The topological polar surface area (TPSA) is 88.1 Å². The van der Waals surface area contributed by atoms with E-state index in [1.807, 2.05) is 0 Å². The summed E-state index contributed by atoms with van der Waals surface area (Å²) >= 11 is 0. The lowest BCUT2D eigenvalue weighted by Crippen LogP contribution is -2.43. The normalized spacial score (nSPS) is 23.1. The average molecular weight is 460 g/mol. The second-order valence-corrected chi connectivity index (χ2v) is 7.97. The Morgan fingerprint density at radius 2 is 1.97 bits per heavy atom. The number of fused-ring (bicyclic) bond motifs is 1. The van der Waals surface area contributed by atoms with Crippen LogP contribution in [0.15, 0.2) is 30.3 Å². The summed E-state index contributed by atoms with van der Waals surface area (Å²) < 4.78 is 42.7. The molecule has 32 heavy (non-hydrogen) atoms. The SMILES string of the molecule is COCCNC(=O)C[C@@H]1OC[C@H]2CN(CCc3ccccc3)CC[C@H]21.O=C(O)C(F)(F)F. The van der Waals surface area contributed by atoms with Crippen molar-refractivity contribution in [1.29, 1.82) is 0 Å².